The Morgan fingerprint density at radius 2 is 0.380 bits per heavy atom. The molecule has 0 aliphatic carbocycles. The molecule has 6 nitrogen and oxygen atoms in total. The van der Waals surface area contributed by atoms with Crippen molar-refractivity contribution in [1.29, 1.82) is 0 Å². The van der Waals surface area contributed by atoms with Crippen LogP contribution in [0.25, 0.3) is 197 Å². The Morgan fingerprint density at radius 3 is 0.660 bits per heavy atom. The molecule has 0 radical (unpaired) electrons. The Kier molecular flexibility index (Phi) is 25.1. The van der Waals surface area contributed by atoms with Gasteiger partial charge >= 0.3 is 0 Å². The number of rotatable bonds is 22. The summed E-state index contributed by atoms with van der Waals surface area (Å²) in [4.78, 5) is 7.15. The fraction of sp³-hybridized carbons (Fsp3) is 0.0833. The predicted octanol–water partition coefficient (Wildman–Crippen LogP) is 41.1. The predicted molar refractivity (Wildman–Crippen MR) is 645 cm³/mol. The van der Waals surface area contributed by atoms with Crippen molar-refractivity contribution in [2.75, 3.05) is 14.7 Å². The largest absolute Gasteiger partial charge is 0.340 e. The first-order chi connectivity index (χ1) is 74.2. The normalized spacial score (nSPS) is 11.8. The number of unbranched alkanes of at least 4 members (excludes halogenated alkanes) is 1. The van der Waals surface area contributed by atoms with E-state index in [2.05, 4.69) is 591 Å². The second-order valence-corrected chi connectivity index (χ2v) is 40.1. The molecule has 150 heavy (non-hydrogen) atoms. The lowest BCUT2D eigenvalue weighted by atomic mass is 9.86. The number of nitrogens with zero attached hydrogens (tertiary/aromatic N) is 6. The zero-order valence-corrected chi connectivity index (χ0v) is 85.1. The number of fused-ring (bicyclic) bond motifs is 15. The van der Waals surface area contributed by atoms with E-state index in [-0.39, 0.29) is 0 Å². The van der Waals surface area contributed by atoms with E-state index in [1.54, 1.807) is 0 Å². The van der Waals surface area contributed by atoms with Crippen molar-refractivity contribution < 1.29 is 0 Å². The monoisotopic (exact) mass is 1930 g/mol. The molecule has 3 aromatic heterocycles. The number of benzene rings is 24. The van der Waals surface area contributed by atoms with Crippen LogP contribution in [0, 0.1) is 5.92 Å². The van der Waals surface area contributed by atoms with Crippen molar-refractivity contribution in [3.8, 4) is 66.8 Å². The van der Waals surface area contributed by atoms with Crippen molar-refractivity contribution in [3.05, 3.63) is 528 Å². The number of para-hydroxylation sites is 6. The van der Waals surface area contributed by atoms with Crippen LogP contribution in [0.5, 0.6) is 0 Å². The summed E-state index contributed by atoms with van der Waals surface area (Å²) < 4.78 is 7.49. The minimum Gasteiger partial charge on any atom is -0.340 e. The van der Waals surface area contributed by atoms with Crippen molar-refractivity contribution in [3.63, 3.8) is 0 Å². The third-order valence-electron chi connectivity index (χ3n) is 30.6. The van der Waals surface area contributed by atoms with E-state index < -0.39 is 0 Å². The van der Waals surface area contributed by atoms with Gasteiger partial charge in [0.05, 0.1) is 0 Å². The number of hydrogen-bond acceptors (Lipinski definition) is 3. The first kappa shape index (κ1) is 92.7. The van der Waals surface area contributed by atoms with Gasteiger partial charge < -0.3 is 28.4 Å². The van der Waals surface area contributed by atoms with Gasteiger partial charge in [-0.25, -0.2) is 0 Å². The van der Waals surface area contributed by atoms with Crippen LogP contribution in [0.2, 0.25) is 0 Å². The maximum atomic E-state index is 2.51. The van der Waals surface area contributed by atoms with Gasteiger partial charge in [0.15, 0.2) is 0 Å². The molecule has 0 spiro atoms. The van der Waals surface area contributed by atoms with Crippen LogP contribution < -0.4 is 14.7 Å². The second kappa shape index (κ2) is 40.6. The highest BCUT2D eigenvalue weighted by molar-refractivity contribution is 6.25. The maximum Gasteiger partial charge on any atom is 0.0495 e. The molecule has 0 bridgehead atoms. The summed E-state index contributed by atoms with van der Waals surface area (Å²) in [5.41, 5.74) is 33.0. The third kappa shape index (κ3) is 17.0. The van der Waals surface area contributed by atoms with E-state index in [4.69, 9.17) is 0 Å². The van der Waals surface area contributed by atoms with Gasteiger partial charge in [-0.3, -0.25) is 0 Å². The van der Waals surface area contributed by atoms with Gasteiger partial charge in [0, 0.05) is 136 Å². The highest BCUT2D eigenvalue weighted by atomic mass is 15.2. The molecule has 720 valence electrons. The van der Waals surface area contributed by atoms with E-state index in [0.29, 0.717) is 12.0 Å². The molecule has 0 fully saturated rings. The average molecular weight is 1930 g/mol. The van der Waals surface area contributed by atoms with E-state index in [9.17, 15) is 0 Å². The van der Waals surface area contributed by atoms with E-state index in [1.807, 2.05) is 0 Å². The average Bonchev–Trinajstić information content (AvgIpc) is 0.974. The second-order valence-electron chi connectivity index (χ2n) is 40.1. The minimum absolute atomic E-state index is 0.412. The molecule has 24 aromatic carbocycles. The van der Waals surface area contributed by atoms with Crippen molar-refractivity contribution >= 4 is 181 Å². The zero-order chi connectivity index (χ0) is 101. The lowest BCUT2D eigenvalue weighted by Gasteiger charge is -2.26. The first-order valence-corrected chi connectivity index (χ1v) is 53.0. The highest BCUT2D eigenvalue weighted by Gasteiger charge is 2.27. The standard InChI is InChI=1S/3C48H38N2/c1-33(2)32-49-45-24-14-13-19-39(45)44-31-38(29-30-46(44)49)50(36-17-7-4-8-18-36)37-27-25-35(26-28-37)48-42-22-11-9-20-40(42)47(34-15-5-3-6-16-34)41-21-10-12-23-43(41)48;1-3-33(2)49-45-25-15-14-20-39(45)44-32-38(30-31-46(44)49)50(36-18-8-5-9-19-36)37-28-26-35(27-29-37)48-42-23-12-10-21-40(42)47(34-16-6-4-7-17-34)41-22-11-13-24-43(41)48;1-2-3-32-49-45-25-15-14-20-39(45)44-33-38(30-31-46(44)49)50(36-18-8-5-9-19-36)37-28-26-35(27-29-37)48-42-23-12-10-21-40(42)47(34-16-6-4-7-17-34)41-22-11-13-24-43(41)48/h3-31,33H,32H2,1-2H3;4-33H,3H2,1-2H3;4-31,33H,2-3,32H2,1H3. The van der Waals surface area contributed by atoms with Crippen molar-refractivity contribution in [2.24, 2.45) is 5.92 Å². The molecular weight excluding hydrogens is 1810 g/mol. The molecule has 0 aliphatic heterocycles. The summed E-state index contributed by atoms with van der Waals surface area (Å²) in [6, 6.07) is 193. The quantitative estimate of drug-likeness (QED) is 0.0632. The van der Waals surface area contributed by atoms with Crippen LogP contribution in [0.1, 0.15) is 59.9 Å². The SMILES string of the molecule is CC(C)Cn1c2ccccc2c2cc(N(c3ccccc3)c3ccc(-c4c5ccccc5c(-c5ccccc5)c5ccccc45)cc3)ccc21.CCC(C)n1c2ccccc2c2cc(N(c3ccccc3)c3ccc(-c4c5ccccc5c(-c5ccccc5)c5ccccc45)cc3)ccc21.CCCCn1c2ccccc2c2cc(N(c3ccccc3)c3ccc(-c4c5ccccc5c(-c5ccccc5)c5ccccc45)cc3)ccc21. The smallest absolute Gasteiger partial charge is 0.0495 e. The van der Waals surface area contributed by atoms with Crippen LogP contribution in [0.3, 0.4) is 0 Å². The summed E-state index contributed by atoms with van der Waals surface area (Å²) in [5.74, 6) is 0.553. The molecule has 0 saturated carbocycles. The molecule has 27 aromatic rings. The molecule has 0 N–H and O–H groups in total. The first-order valence-electron chi connectivity index (χ1n) is 53.0. The molecule has 0 amide bonds. The number of aromatic nitrogens is 3. The lowest BCUT2D eigenvalue weighted by Crippen LogP contribution is -2.10. The summed E-state index contributed by atoms with van der Waals surface area (Å²) in [5, 5.41) is 23.0. The number of aryl methyl sites for hydroxylation is 1. The fourth-order valence-electron chi connectivity index (χ4n) is 23.7. The molecule has 1 atom stereocenters. The minimum atomic E-state index is 0.412. The molecule has 6 heteroatoms. The van der Waals surface area contributed by atoms with E-state index >= 15 is 0 Å². The van der Waals surface area contributed by atoms with Gasteiger partial charge in [-0.2, -0.15) is 0 Å². The third-order valence-corrected chi connectivity index (χ3v) is 30.6. The van der Waals surface area contributed by atoms with Crippen LogP contribution in [0.4, 0.5) is 51.2 Å². The molecule has 27 rings (SSSR count). The molecule has 3 heterocycles. The van der Waals surface area contributed by atoms with Crippen molar-refractivity contribution in [1.82, 2.24) is 13.7 Å². The van der Waals surface area contributed by atoms with Gasteiger partial charge in [0.2, 0.25) is 0 Å². The van der Waals surface area contributed by atoms with E-state index in [1.165, 1.54) is 203 Å². The summed E-state index contributed by atoms with van der Waals surface area (Å²) in [7, 11) is 0. The van der Waals surface area contributed by atoms with Crippen LogP contribution in [0.15, 0.2) is 528 Å². The highest BCUT2D eigenvalue weighted by Crippen LogP contribution is 2.52. The number of hydrogen-bond donors (Lipinski definition) is 0. The summed E-state index contributed by atoms with van der Waals surface area (Å²) in [6.45, 7) is 13.4. The molecular formula is C144H114N6. The topological polar surface area (TPSA) is 24.5 Å². The van der Waals surface area contributed by atoms with Gasteiger partial charge in [-0.05, 0) is 303 Å². The van der Waals surface area contributed by atoms with Gasteiger partial charge in [-0.15, -0.1) is 0 Å². The Morgan fingerprint density at radius 1 is 0.180 bits per heavy atom. The Balaban J connectivity index is 0.000000116. The molecule has 0 saturated heterocycles. The van der Waals surface area contributed by atoms with Crippen molar-refractivity contribution in [2.45, 2.75) is 73.0 Å². The van der Waals surface area contributed by atoms with Crippen LogP contribution >= 0.6 is 0 Å². The number of anilines is 9. The van der Waals surface area contributed by atoms with Gasteiger partial charge in [0.1, 0.15) is 0 Å². The fourth-order valence-corrected chi connectivity index (χ4v) is 23.7. The van der Waals surface area contributed by atoms with Crippen LogP contribution in [-0.4, -0.2) is 13.7 Å². The van der Waals surface area contributed by atoms with Gasteiger partial charge in [0.25, 0.3) is 0 Å². The van der Waals surface area contributed by atoms with Gasteiger partial charge in [-0.1, -0.05) is 416 Å². The maximum absolute atomic E-state index is 2.51. The van der Waals surface area contributed by atoms with Crippen LogP contribution in [-0.2, 0) is 13.1 Å². The lowest BCUT2D eigenvalue weighted by molar-refractivity contribution is 0.545. The summed E-state index contributed by atoms with van der Waals surface area (Å²) >= 11 is 0. The Labute approximate surface area is 876 Å². The van der Waals surface area contributed by atoms with E-state index in [0.717, 1.165) is 77.1 Å². The summed E-state index contributed by atoms with van der Waals surface area (Å²) in [6.07, 6.45) is 3.42. The zero-order valence-electron chi connectivity index (χ0n) is 85.1. The Bertz CT molecular complexity index is 9480. The molecule has 1 unspecified atom stereocenters. The Hall–Kier alpha value is -18.4. The molecule has 0 aliphatic rings.